The summed E-state index contributed by atoms with van der Waals surface area (Å²) in [7, 11) is 0. The van der Waals surface area contributed by atoms with Crippen LogP contribution < -0.4 is 0 Å². The van der Waals surface area contributed by atoms with Crippen molar-refractivity contribution in [1.82, 2.24) is 0 Å². The summed E-state index contributed by atoms with van der Waals surface area (Å²) < 4.78 is 60.7. The molecule has 2 heterocycles. The summed E-state index contributed by atoms with van der Waals surface area (Å²) in [4.78, 5) is 95.1. The minimum absolute atomic E-state index is 0.614. The van der Waals surface area contributed by atoms with Gasteiger partial charge >= 0.3 is 41.8 Å². The number of carbonyl (C=O) groups is 7. The first-order chi connectivity index (χ1) is 29.0. The molecule has 0 aromatic heterocycles. The number of hydrogen-bond donors (Lipinski definition) is 1. The summed E-state index contributed by atoms with van der Waals surface area (Å²) in [5.74, 6) is -5.50. The lowest BCUT2D eigenvalue weighted by molar-refractivity contribution is -0.379. The molecule has 1 N–H and O–H groups in total. The van der Waals surface area contributed by atoms with E-state index in [1.54, 1.807) is 145 Å². The molecule has 2 saturated heterocycles. The lowest BCUT2D eigenvalue weighted by Crippen LogP contribution is -2.67. The number of aliphatic hydroxyl groups excluding tert-OH is 1. The minimum atomic E-state index is -1.92. The molecule has 65 heavy (non-hydrogen) atoms. The van der Waals surface area contributed by atoms with Gasteiger partial charge in [0.15, 0.2) is 30.5 Å². The van der Waals surface area contributed by atoms with Gasteiger partial charge in [0.2, 0.25) is 12.6 Å². The molecule has 0 amide bonds. The molecular formula is C47H78O18. The molecule has 0 unspecified atom stereocenters. The second-order valence-electron chi connectivity index (χ2n) is 24.0. The fourth-order valence-corrected chi connectivity index (χ4v) is 5.30. The van der Waals surface area contributed by atoms with E-state index in [0.717, 1.165) is 0 Å². The van der Waals surface area contributed by atoms with Crippen LogP contribution in [-0.4, -0.2) is 122 Å². The van der Waals surface area contributed by atoms with E-state index in [0.29, 0.717) is 0 Å². The molecule has 18 nitrogen and oxygen atoms in total. The van der Waals surface area contributed by atoms with Crippen molar-refractivity contribution in [3.8, 4) is 0 Å². The third kappa shape index (κ3) is 16.2. The molecule has 0 saturated carbocycles. The Bertz CT molecular complexity index is 1720. The van der Waals surface area contributed by atoms with Crippen LogP contribution in [0.2, 0.25) is 0 Å². The van der Waals surface area contributed by atoms with Crippen molar-refractivity contribution in [3.05, 3.63) is 0 Å². The average Bonchev–Trinajstić information content (AvgIpc) is 3.11. The number of aliphatic hydroxyl groups is 1. The zero-order valence-corrected chi connectivity index (χ0v) is 42.6. The van der Waals surface area contributed by atoms with E-state index in [9.17, 15) is 38.7 Å². The average molecular weight is 931 g/mol. The van der Waals surface area contributed by atoms with Crippen molar-refractivity contribution in [2.45, 2.75) is 207 Å². The van der Waals surface area contributed by atoms with E-state index in [2.05, 4.69) is 0 Å². The number of ether oxygens (including phenoxy) is 10. The molecule has 18 heteroatoms. The Morgan fingerprint density at radius 2 is 0.600 bits per heavy atom. The summed E-state index contributed by atoms with van der Waals surface area (Å²) in [5.41, 5.74) is -7.87. The molecule has 0 radical (unpaired) electrons. The Balaban J connectivity index is 3.04. The molecule has 2 aliphatic rings. The minimum Gasteiger partial charge on any atom is -0.462 e. The van der Waals surface area contributed by atoms with Crippen molar-refractivity contribution in [1.29, 1.82) is 0 Å². The molecule has 0 aromatic rings. The number of hydrogen-bond acceptors (Lipinski definition) is 18. The van der Waals surface area contributed by atoms with E-state index < -0.39 is 154 Å². The maximum Gasteiger partial charge on any atom is 0.311 e. The molecular weight excluding hydrogens is 852 g/mol. The summed E-state index contributed by atoms with van der Waals surface area (Å²) in [6.07, 6.45) is -17.4. The smallest absolute Gasteiger partial charge is 0.311 e. The van der Waals surface area contributed by atoms with E-state index in [1.165, 1.54) is 0 Å². The van der Waals surface area contributed by atoms with Gasteiger partial charge in [0.05, 0.1) is 37.9 Å². The molecule has 374 valence electrons. The predicted octanol–water partition coefficient (Wildman–Crippen LogP) is 5.78. The summed E-state index contributed by atoms with van der Waals surface area (Å²) in [6.45, 7) is 31.9. The van der Waals surface area contributed by atoms with Crippen LogP contribution in [-0.2, 0) is 80.9 Å². The van der Waals surface area contributed by atoms with Gasteiger partial charge in [0, 0.05) is 0 Å². The second-order valence-corrected chi connectivity index (χ2v) is 24.0. The molecule has 0 spiro atoms. The highest BCUT2D eigenvalue weighted by Crippen LogP contribution is 2.38. The Morgan fingerprint density at radius 3 is 0.923 bits per heavy atom. The normalized spacial score (nSPS) is 27.1. The Labute approximate surface area is 385 Å². The van der Waals surface area contributed by atoms with Gasteiger partial charge in [-0.05, 0) is 145 Å². The number of carbonyl (C=O) groups excluding carboxylic acids is 7. The maximum absolute atomic E-state index is 13.9. The van der Waals surface area contributed by atoms with E-state index in [1.807, 2.05) is 0 Å². The van der Waals surface area contributed by atoms with Crippen LogP contribution in [0.4, 0.5) is 0 Å². The Morgan fingerprint density at radius 1 is 0.354 bits per heavy atom. The summed E-state index contributed by atoms with van der Waals surface area (Å²) >= 11 is 0. The molecule has 0 aliphatic carbocycles. The third-order valence-corrected chi connectivity index (χ3v) is 9.74. The molecule has 2 aliphatic heterocycles. The van der Waals surface area contributed by atoms with Crippen LogP contribution in [0.5, 0.6) is 0 Å². The van der Waals surface area contributed by atoms with Crippen LogP contribution in [0.3, 0.4) is 0 Å². The SMILES string of the molecule is CC(C)(C)C(=O)OC[C@@H]1O[C@@H](O[C@H]2O[C@H](COC(=O)C(C)(C)C)[C@@H](O)[C@H](OC(=O)C(C)(C)C)[C@H]2OC(=O)C(C)(C)C)[C@@H](OC(=O)C(C)(C)C)[C@H](OC(=O)C(C)(C)C)[C@H]1OC(=O)C(C)(C)C. The van der Waals surface area contributed by atoms with Crippen LogP contribution in [0, 0.1) is 37.9 Å². The quantitative estimate of drug-likeness (QED) is 0.191. The summed E-state index contributed by atoms with van der Waals surface area (Å²) in [5, 5.41) is 11.9. The monoisotopic (exact) mass is 931 g/mol. The largest absolute Gasteiger partial charge is 0.462 e. The predicted molar refractivity (Wildman–Crippen MR) is 232 cm³/mol. The van der Waals surface area contributed by atoms with Gasteiger partial charge in [-0.1, -0.05) is 0 Å². The molecule has 0 aromatic carbocycles. The first-order valence-electron chi connectivity index (χ1n) is 22.0. The van der Waals surface area contributed by atoms with Crippen molar-refractivity contribution in [2.75, 3.05) is 13.2 Å². The van der Waals surface area contributed by atoms with Crippen LogP contribution in [0.1, 0.15) is 145 Å². The van der Waals surface area contributed by atoms with Gasteiger partial charge in [0.1, 0.15) is 31.5 Å². The molecule has 2 rings (SSSR count). The third-order valence-electron chi connectivity index (χ3n) is 9.74. The van der Waals surface area contributed by atoms with Crippen molar-refractivity contribution in [3.63, 3.8) is 0 Å². The van der Waals surface area contributed by atoms with Crippen molar-refractivity contribution >= 4 is 41.8 Å². The lowest BCUT2D eigenvalue weighted by atomic mass is 9.92. The zero-order valence-electron chi connectivity index (χ0n) is 42.6. The second kappa shape index (κ2) is 20.6. The summed E-state index contributed by atoms with van der Waals surface area (Å²) in [6, 6.07) is 0. The number of rotatable bonds is 11. The van der Waals surface area contributed by atoms with Gasteiger partial charge in [-0.3, -0.25) is 33.6 Å². The van der Waals surface area contributed by atoms with E-state index in [-0.39, 0.29) is 0 Å². The Hall–Kier alpha value is -3.87. The Kier molecular flexibility index (Phi) is 18.1. The standard InChI is InChI=1S/C47H78O18/c1-41(2,3)34(49)56-22-24-26(48)28(61-37(52)44(10,11)12)30(63-39(54)46(16,17)18)32(58-24)65-33-31(64-40(55)47(19,20)21)29(62-38(53)45(13,14)15)27(60-36(51)43(7,8)9)25(59-33)23-57-35(50)42(4,5)6/h24-33,48H,22-23H2,1-21H3/t24-,25+,26-,27+,28+,29-,30-,31+,32-,33+/m1/s1. The van der Waals surface area contributed by atoms with Gasteiger partial charge < -0.3 is 52.5 Å². The van der Waals surface area contributed by atoms with E-state index in [4.69, 9.17) is 47.4 Å². The fraction of sp³-hybridized carbons (Fsp3) is 0.851. The molecule has 2 fully saturated rings. The first kappa shape index (κ1) is 57.3. The van der Waals surface area contributed by atoms with Crippen molar-refractivity contribution < 1.29 is 86.0 Å². The lowest BCUT2D eigenvalue weighted by Gasteiger charge is -2.48. The highest BCUT2D eigenvalue weighted by atomic mass is 16.8. The van der Waals surface area contributed by atoms with Gasteiger partial charge in [-0.2, -0.15) is 0 Å². The topological polar surface area (TPSA) is 232 Å². The number of esters is 7. The van der Waals surface area contributed by atoms with Gasteiger partial charge in [0.25, 0.3) is 0 Å². The van der Waals surface area contributed by atoms with Crippen LogP contribution >= 0.6 is 0 Å². The van der Waals surface area contributed by atoms with Crippen LogP contribution in [0.25, 0.3) is 0 Å². The highest BCUT2D eigenvalue weighted by Gasteiger charge is 2.59. The highest BCUT2D eigenvalue weighted by molar-refractivity contribution is 5.79. The first-order valence-corrected chi connectivity index (χ1v) is 22.0. The molecule has 10 atom stereocenters. The van der Waals surface area contributed by atoms with Gasteiger partial charge in [-0.25, -0.2) is 0 Å². The zero-order chi connectivity index (χ0) is 50.8. The molecule has 0 bridgehead atoms. The van der Waals surface area contributed by atoms with Gasteiger partial charge in [-0.15, -0.1) is 0 Å². The fourth-order valence-electron chi connectivity index (χ4n) is 5.30. The maximum atomic E-state index is 13.9. The van der Waals surface area contributed by atoms with Crippen molar-refractivity contribution in [2.24, 2.45) is 37.9 Å². The van der Waals surface area contributed by atoms with Crippen LogP contribution in [0.15, 0.2) is 0 Å². The van der Waals surface area contributed by atoms with E-state index >= 15 is 0 Å².